The SMILES string of the molecule is [2H]c1c([2H])c(F)c(F)c(C([2H])([2H])Sc2c([2H])c(=O)c3c([2H])c([2H])c([2H])c([2H])c3n2C([2H])([2H])C(=O)N(Cc2c([2H])c([2H])c(-c3c([2H])c([2H])c(C(F)(F)F)c(C)c3[2H])c([2H])c2[2H])C2([2H])C([2H])([2H])C([2H])([2H])N(C([2H])([2H])COC([2H])([2H])[2H])C([2H])([2H])C2([2H])[2H])c1[2H]. The van der Waals surface area contributed by atoms with Gasteiger partial charge in [-0.05, 0) is 66.1 Å². The minimum Gasteiger partial charge on any atom is -0.383 e. The molecule has 0 bridgehead atoms. The number of carbonyl (C=O) groups excluding carboxylic acids is 1. The van der Waals surface area contributed by atoms with Gasteiger partial charge in [-0.2, -0.15) is 13.2 Å². The summed E-state index contributed by atoms with van der Waals surface area (Å²) in [5.74, 6) is -7.68. The number of methoxy groups -OCH3 is 1. The number of hydrogen-bond donors (Lipinski definition) is 0. The minimum atomic E-state index is -5.42. The van der Waals surface area contributed by atoms with E-state index in [4.69, 9.17) is 35.6 Å². The van der Waals surface area contributed by atoms with Gasteiger partial charge in [0.25, 0.3) is 0 Å². The van der Waals surface area contributed by atoms with E-state index in [1.807, 2.05) is 0 Å². The number of fused-ring (bicyclic) bond motifs is 1. The van der Waals surface area contributed by atoms with Gasteiger partial charge < -0.3 is 19.1 Å². The topological polar surface area (TPSA) is 54.8 Å². The number of hydrogen-bond acceptors (Lipinski definition) is 5. The molecule has 0 saturated carbocycles. The Balaban J connectivity index is 1.83. The molecule has 53 heavy (non-hydrogen) atoms. The molecule has 6 rings (SSSR count). The second-order valence-corrected chi connectivity index (χ2v) is 10.9. The molecule has 1 fully saturated rings. The molecule has 2 heterocycles. The third kappa shape index (κ3) is 9.00. The highest BCUT2D eigenvalue weighted by Gasteiger charge is 2.32. The summed E-state index contributed by atoms with van der Waals surface area (Å²) >= 11 is -0.882. The van der Waals surface area contributed by atoms with Gasteiger partial charge >= 0.3 is 6.18 Å². The monoisotopic (exact) mass is 782 g/mol. The first-order chi connectivity index (χ1) is 38.5. The van der Waals surface area contributed by atoms with Crippen molar-refractivity contribution in [2.24, 2.45) is 0 Å². The maximum atomic E-state index is 16.0. The number of para-hydroxylation sites is 1. The van der Waals surface area contributed by atoms with E-state index in [1.165, 1.54) is 0 Å². The average Bonchev–Trinajstić information content (AvgIpc) is 0.672. The van der Waals surface area contributed by atoms with Crippen molar-refractivity contribution in [1.29, 1.82) is 0 Å². The van der Waals surface area contributed by atoms with Crippen molar-refractivity contribution in [1.82, 2.24) is 14.4 Å². The number of amides is 1. The molecule has 0 atom stereocenters. The highest BCUT2D eigenvalue weighted by atomic mass is 32.2. The zero-order chi connectivity index (χ0) is 66.7. The summed E-state index contributed by atoms with van der Waals surface area (Å²) in [4.78, 5) is 28.3. The van der Waals surface area contributed by atoms with Gasteiger partial charge in [-0.15, -0.1) is 11.8 Å². The predicted octanol–water partition coefficient (Wildman–Crippen LogP) is 8.71. The van der Waals surface area contributed by atoms with Crippen LogP contribution in [0.1, 0.15) is 80.2 Å². The van der Waals surface area contributed by atoms with Gasteiger partial charge in [-0.25, -0.2) is 8.78 Å². The Labute approximate surface area is 355 Å². The van der Waals surface area contributed by atoms with Crippen LogP contribution in [0, 0.1) is 18.6 Å². The lowest BCUT2D eigenvalue weighted by Gasteiger charge is -2.39. The van der Waals surface area contributed by atoms with Gasteiger partial charge in [-0.3, -0.25) is 9.59 Å². The molecule has 1 aliphatic rings. The van der Waals surface area contributed by atoms with E-state index in [0.717, 1.165) is 0 Å². The number of pyridine rings is 1. The molecule has 0 unspecified atom stereocenters. The Kier molecular flexibility index (Phi) is 4.59. The molecule has 0 radical (unpaired) electrons. The van der Waals surface area contributed by atoms with E-state index in [9.17, 15) is 27.6 Å². The van der Waals surface area contributed by atoms with Crippen molar-refractivity contribution >= 4 is 28.6 Å². The summed E-state index contributed by atoms with van der Waals surface area (Å²) in [5.41, 5.74) is -16.5. The largest absolute Gasteiger partial charge is 0.416 e. The molecular formula is C41H40F5N3O3S. The second kappa shape index (κ2) is 16.7. The second-order valence-electron chi connectivity index (χ2n) is 10.1. The van der Waals surface area contributed by atoms with Crippen LogP contribution in [0.4, 0.5) is 22.0 Å². The maximum Gasteiger partial charge on any atom is 0.416 e. The molecule has 0 aliphatic carbocycles. The molecule has 12 heteroatoms. The lowest BCUT2D eigenvalue weighted by molar-refractivity contribution is -0.138. The zero-order valence-corrected chi connectivity index (χ0v) is 27.1. The average molecular weight is 783 g/mol. The molecule has 1 aromatic heterocycles. The zero-order valence-electron chi connectivity index (χ0n) is 59.3. The Morgan fingerprint density at radius 2 is 1.77 bits per heavy atom. The van der Waals surface area contributed by atoms with E-state index in [1.54, 1.807) is 0 Å². The van der Waals surface area contributed by atoms with E-state index in [2.05, 4.69) is 4.74 Å². The fraction of sp³-hybridized carbons (Fsp3) is 0.317. The molecule has 278 valence electrons. The van der Waals surface area contributed by atoms with Crippen LogP contribution in [0.3, 0.4) is 0 Å². The number of piperidine rings is 1. The van der Waals surface area contributed by atoms with Crippen molar-refractivity contribution in [2.45, 2.75) is 55.6 Å². The van der Waals surface area contributed by atoms with Crippen LogP contribution in [-0.2, 0) is 34.5 Å². The van der Waals surface area contributed by atoms with E-state index < -0.39 is 266 Å². The molecule has 0 spiro atoms. The third-order valence-electron chi connectivity index (χ3n) is 6.68. The van der Waals surface area contributed by atoms with E-state index in [0.29, 0.717) is 6.92 Å². The quantitative estimate of drug-likeness (QED) is 0.0937. The molecule has 6 nitrogen and oxygen atoms in total. The van der Waals surface area contributed by atoms with Gasteiger partial charge in [0, 0.05) is 78.2 Å². The van der Waals surface area contributed by atoms with Crippen LogP contribution >= 0.6 is 11.8 Å². The summed E-state index contributed by atoms with van der Waals surface area (Å²) < 4.78 is 365. The predicted molar refractivity (Wildman–Crippen MR) is 198 cm³/mol. The van der Waals surface area contributed by atoms with Crippen molar-refractivity contribution in [3.8, 4) is 11.1 Å². The fourth-order valence-electron chi connectivity index (χ4n) is 4.28. The fourth-order valence-corrected chi connectivity index (χ4v) is 4.99. The van der Waals surface area contributed by atoms with Crippen LogP contribution in [-0.4, -0.2) is 59.4 Å². The molecule has 1 saturated heterocycles. The number of nitrogens with zero attached hydrogens (tertiary/aromatic N) is 3. The van der Waals surface area contributed by atoms with Gasteiger partial charge in [0.2, 0.25) is 5.91 Å². The summed E-state index contributed by atoms with van der Waals surface area (Å²) in [6.07, 6.45) is -15.4. The van der Waals surface area contributed by atoms with Gasteiger partial charge in [0.15, 0.2) is 17.1 Å². The molecule has 0 N–H and O–H groups in total. The van der Waals surface area contributed by atoms with E-state index in [-0.39, 0.29) is 0 Å². The van der Waals surface area contributed by atoms with Crippen LogP contribution < -0.4 is 5.43 Å². The van der Waals surface area contributed by atoms with Crippen LogP contribution in [0.2, 0.25) is 0 Å². The van der Waals surface area contributed by atoms with Gasteiger partial charge in [0.1, 0.15) is 6.50 Å². The lowest BCUT2D eigenvalue weighted by Crippen LogP contribution is -2.48. The van der Waals surface area contributed by atoms with Crippen molar-refractivity contribution < 1.29 is 76.7 Å². The normalized spacial score (nSPS) is 28.6. The molecule has 5 aromatic rings. The molecular weight excluding hydrogens is 710 g/mol. The maximum absolute atomic E-state index is 16.0. The van der Waals surface area contributed by atoms with Crippen LogP contribution in [0.25, 0.3) is 22.0 Å². The van der Waals surface area contributed by atoms with Gasteiger partial charge in [0.05, 0.1) is 51.5 Å². The first-order valence-corrected chi connectivity index (χ1v) is 15.1. The van der Waals surface area contributed by atoms with Crippen LogP contribution in [0.15, 0.2) is 100 Å². The Hall–Kier alpha value is -4.52. The number of alkyl halides is 3. The summed E-state index contributed by atoms with van der Waals surface area (Å²) in [6.45, 7) is -22.2. The Morgan fingerprint density at radius 3 is 2.51 bits per heavy atom. The number of benzene rings is 4. The van der Waals surface area contributed by atoms with Crippen molar-refractivity contribution in [2.75, 3.05) is 33.1 Å². The summed E-state index contributed by atoms with van der Waals surface area (Å²) in [5, 5.41) is -3.34. The number of aromatic nitrogens is 1. The summed E-state index contributed by atoms with van der Waals surface area (Å²) in [7, 11) is -3.62. The standard InChI is InChI=1S/C41H40F5N3O3S/c1-27-22-30(14-15-34(27)41(44,45)46)29-12-10-28(11-13-29)24-48(32-16-18-47(19-17-32)20-21-52-2)38(51)25-49-36-9-4-3-7-33(36)37(50)23-39(49)53-26-31-6-5-8-35(42)40(31)43/h3-15,22-23,32H,16-21,24-26H2,1-2H3/i2D3,3D,4D,5D,6D,7D,8D,9D,10D,11D,12D,13D,14D,15D,16D2,17D2,18D2,19D2,20D2,22D,23D,25D2,26D2,32D. The Bertz CT molecular complexity index is 3670. The number of carbonyl (C=O) groups is 1. The Morgan fingerprint density at radius 1 is 1.04 bits per heavy atom. The van der Waals surface area contributed by atoms with Crippen LogP contribution in [0.5, 0.6) is 0 Å². The van der Waals surface area contributed by atoms with Crippen molar-refractivity contribution in [3.63, 3.8) is 0 Å². The number of ether oxygens (including phenoxy) is 1. The number of likely N-dealkylation sites (tertiary alicyclic amines) is 1. The lowest BCUT2D eigenvalue weighted by atomic mass is 9.98. The molecule has 1 amide bonds. The highest BCUT2D eigenvalue weighted by molar-refractivity contribution is 7.98. The number of thioether (sulfide) groups is 1. The van der Waals surface area contributed by atoms with E-state index >= 15 is 13.6 Å². The van der Waals surface area contributed by atoms with Crippen molar-refractivity contribution in [3.05, 3.63) is 135 Å². The number of halogens is 5. The molecule has 4 aromatic carbocycles. The van der Waals surface area contributed by atoms with Gasteiger partial charge in [-0.1, -0.05) is 60.4 Å². The highest BCUT2D eigenvalue weighted by Crippen LogP contribution is 2.34. The summed E-state index contributed by atoms with van der Waals surface area (Å²) in [6, 6.07) is -28.8. The first-order valence-electron chi connectivity index (χ1n) is 30.8. The minimum absolute atomic E-state index is 0.535. The number of rotatable bonds is 12. The third-order valence-corrected chi connectivity index (χ3v) is 7.46. The molecule has 1 aliphatic heterocycles. The smallest absolute Gasteiger partial charge is 0.383 e. The first kappa shape index (κ1) is 14.6.